The smallest absolute Gasteiger partial charge is 0.142 e. The van der Waals surface area contributed by atoms with Gasteiger partial charge in [0.05, 0.1) is 5.69 Å². The van der Waals surface area contributed by atoms with Crippen molar-refractivity contribution in [3.05, 3.63) is 23.8 Å². The van der Waals surface area contributed by atoms with Crippen LogP contribution in [0.3, 0.4) is 0 Å². The number of hydrogen-bond donors (Lipinski definition) is 1. The van der Waals surface area contributed by atoms with Gasteiger partial charge < -0.3 is 10.1 Å². The van der Waals surface area contributed by atoms with Gasteiger partial charge in [0.2, 0.25) is 0 Å². The number of ether oxygens (including phenoxy) is 1. The van der Waals surface area contributed by atoms with Crippen molar-refractivity contribution in [1.82, 2.24) is 0 Å². The molecular weight excluding hydrogens is 174 g/mol. The minimum Gasteiger partial charge on any atom is -0.490 e. The van der Waals surface area contributed by atoms with Gasteiger partial charge in [-0.15, -0.1) is 0 Å². The summed E-state index contributed by atoms with van der Waals surface area (Å²) in [6.07, 6.45) is 1.18. The van der Waals surface area contributed by atoms with Crippen LogP contribution in [0.2, 0.25) is 0 Å². The van der Waals surface area contributed by atoms with E-state index < -0.39 is 0 Å². The summed E-state index contributed by atoms with van der Waals surface area (Å²) in [4.78, 5) is 0. The fourth-order valence-corrected chi connectivity index (χ4v) is 1.70. The average molecular weight is 191 g/mol. The fraction of sp³-hybridized carbons (Fsp3) is 0.500. The Bertz CT molecular complexity index is 322. The number of hydrogen-bond acceptors (Lipinski definition) is 2. The molecule has 0 aromatic heterocycles. The van der Waals surface area contributed by atoms with Crippen LogP contribution in [0.5, 0.6) is 5.75 Å². The minimum absolute atomic E-state index is 0.629. The Morgan fingerprint density at radius 1 is 1.50 bits per heavy atom. The van der Waals surface area contributed by atoms with Crippen LogP contribution in [0.1, 0.15) is 31.7 Å². The number of fused-ring (bicyclic) bond motifs is 1. The van der Waals surface area contributed by atoms with Gasteiger partial charge in [0.15, 0.2) is 0 Å². The number of anilines is 1. The normalized spacial score (nSPS) is 16.4. The van der Waals surface area contributed by atoms with Crippen molar-refractivity contribution >= 4 is 5.69 Å². The summed E-state index contributed by atoms with van der Waals surface area (Å²) in [6.45, 7) is 6.16. The zero-order valence-electron chi connectivity index (χ0n) is 8.84. The zero-order chi connectivity index (χ0) is 9.97. The summed E-state index contributed by atoms with van der Waals surface area (Å²) >= 11 is 0. The Hall–Kier alpha value is -1.18. The van der Waals surface area contributed by atoms with Gasteiger partial charge in [-0.3, -0.25) is 0 Å². The van der Waals surface area contributed by atoms with Gasteiger partial charge in [-0.25, -0.2) is 0 Å². The fourth-order valence-electron chi connectivity index (χ4n) is 1.70. The molecule has 1 aliphatic heterocycles. The van der Waals surface area contributed by atoms with E-state index in [1.807, 2.05) is 0 Å². The standard InChI is InChI=1S/C12H17NO/c1-3-9(2)10-4-5-12-11(8-10)13-6-7-14-12/h4-5,8-9,13H,3,6-7H2,1-2H3. The van der Waals surface area contributed by atoms with E-state index in [2.05, 4.69) is 37.4 Å². The molecule has 0 saturated carbocycles. The summed E-state index contributed by atoms with van der Waals surface area (Å²) in [5, 5.41) is 3.36. The number of nitrogens with one attached hydrogen (secondary N) is 1. The van der Waals surface area contributed by atoms with Crippen LogP contribution >= 0.6 is 0 Å². The quantitative estimate of drug-likeness (QED) is 0.776. The molecule has 1 unspecified atom stereocenters. The van der Waals surface area contributed by atoms with Crippen molar-refractivity contribution in [2.45, 2.75) is 26.2 Å². The van der Waals surface area contributed by atoms with E-state index in [1.54, 1.807) is 0 Å². The Morgan fingerprint density at radius 2 is 2.36 bits per heavy atom. The van der Waals surface area contributed by atoms with E-state index in [-0.39, 0.29) is 0 Å². The van der Waals surface area contributed by atoms with E-state index >= 15 is 0 Å². The van der Waals surface area contributed by atoms with Gasteiger partial charge in [0, 0.05) is 6.54 Å². The first kappa shape index (κ1) is 9.38. The molecule has 1 aliphatic rings. The van der Waals surface area contributed by atoms with Crippen molar-refractivity contribution in [2.75, 3.05) is 18.5 Å². The van der Waals surface area contributed by atoms with Crippen LogP contribution < -0.4 is 10.1 Å². The largest absolute Gasteiger partial charge is 0.490 e. The summed E-state index contributed by atoms with van der Waals surface area (Å²) in [6, 6.07) is 6.45. The third-order valence-electron chi connectivity index (χ3n) is 2.86. The lowest BCUT2D eigenvalue weighted by molar-refractivity contribution is 0.323. The molecule has 1 N–H and O–H groups in total. The van der Waals surface area contributed by atoms with E-state index in [0.717, 1.165) is 24.6 Å². The highest BCUT2D eigenvalue weighted by atomic mass is 16.5. The first-order valence-electron chi connectivity index (χ1n) is 5.32. The molecule has 1 atom stereocenters. The van der Waals surface area contributed by atoms with Crippen molar-refractivity contribution < 1.29 is 4.74 Å². The van der Waals surface area contributed by atoms with Crippen LogP contribution in [0, 0.1) is 0 Å². The molecule has 0 radical (unpaired) electrons. The Kier molecular flexibility index (Phi) is 2.62. The molecule has 2 rings (SSSR count). The molecule has 0 saturated heterocycles. The lowest BCUT2D eigenvalue weighted by Crippen LogP contribution is -2.18. The summed E-state index contributed by atoms with van der Waals surface area (Å²) in [5.41, 5.74) is 2.54. The SMILES string of the molecule is CCC(C)c1ccc2c(c1)NCCO2. The lowest BCUT2D eigenvalue weighted by atomic mass is 9.98. The lowest BCUT2D eigenvalue weighted by Gasteiger charge is -2.21. The highest BCUT2D eigenvalue weighted by Gasteiger charge is 2.11. The van der Waals surface area contributed by atoms with E-state index in [0.29, 0.717) is 5.92 Å². The van der Waals surface area contributed by atoms with E-state index in [4.69, 9.17) is 4.74 Å². The molecule has 14 heavy (non-hydrogen) atoms. The molecule has 0 amide bonds. The second-order valence-electron chi connectivity index (χ2n) is 3.84. The molecule has 0 bridgehead atoms. The van der Waals surface area contributed by atoms with Gasteiger partial charge in [-0.05, 0) is 30.0 Å². The summed E-state index contributed by atoms with van der Waals surface area (Å²) in [5.74, 6) is 1.62. The molecule has 2 nitrogen and oxygen atoms in total. The van der Waals surface area contributed by atoms with Crippen molar-refractivity contribution in [2.24, 2.45) is 0 Å². The third-order valence-corrected chi connectivity index (χ3v) is 2.86. The van der Waals surface area contributed by atoms with Crippen molar-refractivity contribution in [3.63, 3.8) is 0 Å². The van der Waals surface area contributed by atoms with Crippen molar-refractivity contribution in [1.29, 1.82) is 0 Å². The summed E-state index contributed by atoms with van der Waals surface area (Å²) < 4.78 is 5.53. The highest BCUT2D eigenvalue weighted by Crippen LogP contribution is 2.31. The predicted molar refractivity (Wildman–Crippen MR) is 59.1 cm³/mol. The first-order valence-corrected chi connectivity index (χ1v) is 5.32. The molecule has 1 aromatic carbocycles. The van der Waals surface area contributed by atoms with Crippen molar-refractivity contribution in [3.8, 4) is 5.75 Å². The molecule has 2 heteroatoms. The number of rotatable bonds is 2. The third kappa shape index (κ3) is 1.69. The molecule has 0 fully saturated rings. The van der Waals surface area contributed by atoms with Gasteiger partial charge in [-0.1, -0.05) is 19.9 Å². The van der Waals surface area contributed by atoms with E-state index in [9.17, 15) is 0 Å². The topological polar surface area (TPSA) is 21.3 Å². The molecule has 0 aliphatic carbocycles. The van der Waals surface area contributed by atoms with Crippen LogP contribution in [0.15, 0.2) is 18.2 Å². The number of benzene rings is 1. The van der Waals surface area contributed by atoms with Gasteiger partial charge >= 0.3 is 0 Å². The summed E-state index contributed by atoms with van der Waals surface area (Å²) in [7, 11) is 0. The average Bonchev–Trinajstić information content (AvgIpc) is 2.27. The molecule has 1 aromatic rings. The Balaban J connectivity index is 2.29. The van der Waals surface area contributed by atoms with Crippen LogP contribution in [0.4, 0.5) is 5.69 Å². The molecule has 0 spiro atoms. The Morgan fingerprint density at radius 3 is 3.14 bits per heavy atom. The minimum atomic E-state index is 0.629. The second-order valence-corrected chi connectivity index (χ2v) is 3.84. The maximum absolute atomic E-state index is 5.53. The maximum atomic E-state index is 5.53. The Labute approximate surface area is 85.3 Å². The van der Waals surface area contributed by atoms with Crippen LogP contribution in [-0.4, -0.2) is 13.2 Å². The maximum Gasteiger partial charge on any atom is 0.142 e. The van der Waals surface area contributed by atoms with Gasteiger partial charge in [0.1, 0.15) is 12.4 Å². The van der Waals surface area contributed by atoms with Crippen LogP contribution in [-0.2, 0) is 0 Å². The molecular formula is C12H17NO. The second kappa shape index (κ2) is 3.91. The van der Waals surface area contributed by atoms with Crippen LogP contribution in [0.25, 0.3) is 0 Å². The zero-order valence-corrected chi connectivity index (χ0v) is 8.84. The molecule has 1 heterocycles. The van der Waals surface area contributed by atoms with Gasteiger partial charge in [-0.2, -0.15) is 0 Å². The highest BCUT2D eigenvalue weighted by molar-refractivity contribution is 5.59. The van der Waals surface area contributed by atoms with Gasteiger partial charge in [0.25, 0.3) is 0 Å². The van der Waals surface area contributed by atoms with E-state index in [1.165, 1.54) is 12.0 Å². The predicted octanol–water partition coefficient (Wildman–Crippen LogP) is 3.00. The first-order chi connectivity index (χ1) is 6.81. The molecule has 76 valence electrons. The monoisotopic (exact) mass is 191 g/mol.